The van der Waals surface area contributed by atoms with Crippen LogP contribution in [0.4, 0.5) is 13.2 Å². The van der Waals surface area contributed by atoms with Gasteiger partial charge in [-0.1, -0.05) is 36.1 Å². The van der Waals surface area contributed by atoms with Crippen LogP contribution in [0, 0.1) is 11.8 Å². The van der Waals surface area contributed by atoms with Crippen LogP contribution in [0.2, 0.25) is 0 Å². The Balaban J connectivity index is 1.58. The molecule has 0 atom stereocenters. The topological polar surface area (TPSA) is 49.3 Å². The van der Waals surface area contributed by atoms with Crippen molar-refractivity contribution in [3.8, 4) is 11.8 Å². The van der Waals surface area contributed by atoms with Crippen molar-refractivity contribution >= 4 is 16.9 Å². The monoisotopic (exact) mass is 396 g/mol. The summed E-state index contributed by atoms with van der Waals surface area (Å²) < 4.78 is 38.2. The summed E-state index contributed by atoms with van der Waals surface area (Å²) in [5.41, 5.74) is 1.60. The van der Waals surface area contributed by atoms with Gasteiger partial charge in [-0.3, -0.25) is 9.98 Å². The van der Waals surface area contributed by atoms with Gasteiger partial charge in [-0.25, -0.2) is 0 Å². The van der Waals surface area contributed by atoms with E-state index in [1.165, 1.54) is 6.07 Å². The van der Waals surface area contributed by atoms with E-state index in [0.717, 1.165) is 28.6 Å². The molecule has 1 aromatic heterocycles. The molecule has 0 aliphatic heterocycles. The highest BCUT2D eigenvalue weighted by atomic mass is 19.4. The van der Waals surface area contributed by atoms with Gasteiger partial charge in [-0.15, -0.1) is 0 Å². The Bertz CT molecular complexity index is 1070. The van der Waals surface area contributed by atoms with Crippen molar-refractivity contribution in [3.05, 3.63) is 77.5 Å². The second-order valence-electron chi connectivity index (χ2n) is 6.15. The lowest BCUT2D eigenvalue weighted by Gasteiger charge is -2.11. The normalized spacial score (nSPS) is 11.7. The number of hydrogen-bond acceptors (Lipinski definition) is 2. The van der Waals surface area contributed by atoms with Crippen molar-refractivity contribution in [1.82, 2.24) is 15.6 Å². The molecule has 3 aromatic rings. The first-order chi connectivity index (χ1) is 14.0. The Morgan fingerprint density at radius 3 is 2.69 bits per heavy atom. The zero-order chi connectivity index (χ0) is 20.7. The van der Waals surface area contributed by atoms with Gasteiger partial charge in [0.1, 0.15) is 0 Å². The summed E-state index contributed by atoms with van der Waals surface area (Å²) in [6.07, 6.45) is -2.62. The van der Waals surface area contributed by atoms with Crippen LogP contribution in [0.3, 0.4) is 0 Å². The molecule has 0 aliphatic carbocycles. The lowest BCUT2D eigenvalue weighted by atomic mass is 10.1. The zero-order valence-electron chi connectivity index (χ0n) is 15.7. The third-order valence-corrected chi connectivity index (χ3v) is 4.18. The number of para-hydroxylation sites is 1. The molecule has 7 heteroatoms. The van der Waals surface area contributed by atoms with Gasteiger partial charge in [-0.2, -0.15) is 13.2 Å². The fourth-order valence-electron chi connectivity index (χ4n) is 2.76. The maximum absolute atomic E-state index is 12.7. The molecular formula is C22H19F3N4. The third-order valence-electron chi connectivity index (χ3n) is 4.18. The molecule has 29 heavy (non-hydrogen) atoms. The summed E-state index contributed by atoms with van der Waals surface area (Å²) in [7, 11) is 1.64. The summed E-state index contributed by atoms with van der Waals surface area (Å²) >= 11 is 0. The van der Waals surface area contributed by atoms with Crippen LogP contribution in [0.15, 0.2) is 65.8 Å². The summed E-state index contributed by atoms with van der Waals surface area (Å²) in [6.45, 7) is 0.788. The molecular weight excluding hydrogens is 377 g/mol. The van der Waals surface area contributed by atoms with Gasteiger partial charge < -0.3 is 10.6 Å². The Morgan fingerprint density at radius 1 is 1.07 bits per heavy atom. The molecule has 0 spiro atoms. The molecule has 2 aromatic carbocycles. The predicted molar refractivity (Wildman–Crippen MR) is 108 cm³/mol. The van der Waals surface area contributed by atoms with Crippen molar-refractivity contribution in [3.63, 3.8) is 0 Å². The minimum Gasteiger partial charge on any atom is -0.352 e. The Kier molecular flexibility index (Phi) is 6.35. The third kappa shape index (κ3) is 5.48. The summed E-state index contributed by atoms with van der Waals surface area (Å²) in [4.78, 5) is 8.47. The highest BCUT2D eigenvalue weighted by Gasteiger charge is 2.30. The molecule has 4 nitrogen and oxygen atoms in total. The molecule has 3 rings (SSSR count). The van der Waals surface area contributed by atoms with Gasteiger partial charge in [-0.05, 0) is 35.9 Å². The minimum absolute atomic E-state index is 0.243. The van der Waals surface area contributed by atoms with E-state index in [-0.39, 0.29) is 6.54 Å². The van der Waals surface area contributed by atoms with Gasteiger partial charge >= 0.3 is 6.18 Å². The fraction of sp³-hybridized carbons (Fsp3) is 0.182. The summed E-state index contributed by atoms with van der Waals surface area (Å²) in [5.74, 6) is 6.09. The molecule has 148 valence electrons. The number of hydrogen-bond donors (Lipinski definition) is 2. The van der Waals surface area contributed by atoms with Crippen LogP contribution < -0.4 is 10.6 Å². The van der Waals surface area contributed by atoms with Gasteiger partial charge in [0.2, 0.25) is 0 Å². The maximum atomic E-state index is 12.7. The van der Waals surface area contributed by atoms with Gasteiger partial charge in [0, 0.05) is 30.7 Å². The van der Waals surface area contributed by atoms with Crippen LogP contribution in [0.5, 0.6) is 0 Å². The predicted octanol–water partition coefficient (Wildman–Crippen LogP) is 3.97. The quantitative estimate of drug-likeness (QED) is 0.400. The van der Waals surface area contributed by atoms with Gasteiger partial charge in [0.05, 0.1) is 17.6 Å². The van der Waals surface area contributed by atoms with Crippen molar-refractivity contribution in [1.29, 1.82) is 0 Å². The number of halogens is 3. The molecule has 0 saturated carbocycles. The highest BCUT2D eigenvalue weighted by molar-refractivity contribution is 5.83. The van der Waals surface area contributed by atoms with E-state index >= 15 is 0 Å². The summed E-state index contributed by atoms with van der Waals surface area (Å²) in [6, 6.07) is 14.8. The van der Waals surface area contributed by atoms with Gasteiger partial charge in [0.25, 0.3) is 0 Å². The molecule has 0 saturated heterocycles. The number of pyridine rings is 1. The van der Waals surface area contributed by atoms with Crippen LogP contribution in [0.25, 0.3) is 10.9 Å². The zero-order valence-corrected chi connectivity index (χ0v) is 15.7. The lowest BCUT2D eigenvalue weighted by Crippen LogP contribution is -2.37. The molecule has 0 amide bonds. The van der Waals surface area contributed by atoms with E-state index in [0.29, 0.717) is 18.1 Å². The van der Waals surface area contributed by atoms with E-state index in [4.69, 9.17) is 0 Å². The second kappa shape index (κ2) is 9.11. The number of nitrogens with zero attached hydrogens (tertiary/aromatic N) is 2. The van der Waals surface area contributed by atoms with E-state index in [9.17, 15) is 13.2 Å². The number of benzene rings is 2. The maximum Gasteiger partial charge on any atom is 0.416 e. The highest BCUT2D eigenvalue weighted by Crippen LogP contribution is 2.29. The van der Waals surface area contributed by atoms with Crippen molar-refractivity contribution in [2.75, 3.05) is 13.6 Å². The number of alkyl halides is 3. The Hall–Kier alpha value is -3.53. The largest absolute Gasteiger partial charge is 0.416 e. The molecule has 0 unspecified atom stereocenters. The van der Waals surface area contributed by atoms with Crippen molar-refractivity contribution in [2.45, 2.75) is 12.7 Å². The van der Waals surface area contributed by atoms with Crippen molar-refractivity contribution < 1.29 is 13.2 Å². The Morgan fingerprint density at radius 2 is 1.90 bits per heavy atom. The molecule has 0 aliphatic rings. The second-order valence-corrected chi connectivity index (χ2v) is 6.15. The number of nitrogens with one attached hydrogen (secondary N) is 2. The number of rotatable bonds is 3. The first kappa shape index (κ1) is 20.2. The van der Waals surface area contributed by atoms with Crippen LogP contribution in [-0.2, 0) is 12.7 Å². The SMILES string of the molecule is CN=C(NCC#Cc1cccc(C(F)(F)F)c1)NCc1ccnc2ccccc12. The Labute approximate surface area is 166 Å². The smallest absolute Gasteiger partial charge is 0.352 e. The van der Waals surface area contributed by atoms with Crippen LogP contribution in [-0.4, -0.2) is 24.5 Å². The average molecular weight is 396 g/mol. The van der Waals surface area contributed by atoms with E-state index in [1.807, 2.05) is 30.3 Å². The molecule has 0 fully saturated rings. The van der Waals surface area contributed by atoms with E-state index < -0.39 is 11.7 Å². The standard InChI is InChI=1S/C22H19F3N4/c1-26-21(29-15-17-11-13-27-20-10-3-2-9-19(17)20)28-12-5-7-16-6-4-8-18(14-16)22(23,24)25/h2-4,6,8-11,13-14H,12,15H2,1H3,(H2,26,28,29). The van der Waals surface area contributed by atoms with Crippen molar-refractivity contribution in [2.24, 2.45) is 4.99 Å². The lowest BCUT2D eigenvalue weighted by molar-refractivity contribution is -0.137. The molecule has 0 radical (unpaired) electrons. The molecule has 0 bridgehead atoms. The first-order valence-corrected chi connectivity index (χ1v) is 8.90. The number of aliphatic imine (C=N–C) groups is 1. The average Bonchev–Trinajstić information content (AvgIpc) is 2.73. The minimum atomic E-state index is -4.38. The van der Waals surface area contributed by atoms with Crippen LogP contribution in [0.1, 0.15) is 16.7 Å². The van der Waals surface area contributed by atoms with Gasteiger partial charge in [0.15, 0.2) is 5.96 Å². The summed E-state index contributed by atoms with van der Waals surface area (Å²) in [5, 5.41) is 7.29. The number of fused-ring (bicyclic) bond motifs is 1. The number of guanidine groups is 1. The first-order valence-electron chi connectivity index (χ1n) is 8.90. The van der Waals surface area contributed by atoms with E-state index in [1.54, 1.807) is 19.3 Å². The van der Waals surface area contributed by atoms with E-state index in [2.05, 4.69) is 32.5 Å². The fourth-order valence-corrected chi connectivity index (χ4v) is 2.76. The molecule has 1 heterocycles. The molecule has 2 N–H and O–H groups in total. The van der Waals surface area contributed by atoms with Crippen LogP contribution >= 0.6 is 0 Å². The number of aromatic nitrogens is 1.